The first-order chi connectivity index (χ1) is 22.1. The van der Waals surface area contributed by atoms with Crippen LogP contribution in [0.2, 0.25) is 0 Å². The quantitative estimate of drug-likeness (QED) is 0.215. The number of amides is 2. The summed E-state index contributed by atoms with van der Waals surface area (Å²) in [6.45, 7) is 16.7. The molecular weight excluding hydrogens is 594 g/mol. The largest absolute Gasteiger partial charge is 0.444 e. The maximum Gasteiger partial charge on any atom is 0.411 e. The van der Waals surface area contributed by atoms with Gasteiger partial charge >= 0.3 is 12.2 Å². The zero-order chi connectivity index (χ0) is 34.0. The zero-order valence-electron chi connectivity index (χ0n) is 28.7. The molecule has 11 heteroatoms. The van der Waals surface area contributed by atoms with Crippen molar-refractivity contribution in [1.82, 2.24) is 34.9 Å². The molecule has 1 fully saturated rings. The van der Waals surface area contributed by atoms with Gasteiger partial charge in [-0.1, -0.05) is 18.8 Å². The zero-order valence-corrected chi connectivity index (χ0v) is 28.7. The van der Waals surface area contributed by atoms with Gasteiger partial charge in [-0.3, -0.25) is 10.00 Å². The third-order valence-corrected chi connectivity index (χ3v) is 7.76. The summed E-state index contributed by atoms with van der Waals surface area (Å²) < 4.78 is 11.2. The lowest BCUT2D eigenvalue weighted by Crippen LogP contribution is -2.46. The predicted molar refractivity (Wildman–Crippen MR) is 180 cm³/mol. The van der Waals surface area contributed by atoms with Gasteiger partial charge in [0.25, 0.3) is 0 Å². The summed E-state index contributed by atoms with van der Waals surface area (Å²) in [6, 6.07) is 13.6. The van der Waals surface area contributed by atoms with E-state index < -0.39 is 16.7 Å². The molecule has 248 valence electrons. The van der Waals surface area contributed by atoms with Gasteiger partial charge < -0.3 is 19.4 Å². The highest BCUT2D eigenvalue weighted by molar-refractivity contribution is 5.78. The van der Waals surface area contributed by atoms with Crippen molar-refractivity contribution in [2.45, 2.75) is 97.9 Å². The molecule has 1 aliphatic heterocycles. The molecule has 2 aromatic carbocycles. The number of nitrogens with one attached hydrogen (secondary N) is 2. The second-order valence-corrected chi connectivity index (χ2v) is 14.2. The van der Waals surface area contributed by atoms with Gasteiger partial charge in [-0.25, -0.2) is 19.6 Å². The number of H-pyrrole nitrogens is 2. The number of aromatic nitrogens is 5. The Morgan fingerprint density at radius 1 is 0.979 bits per heavy atom. The molecule has 2 amide bonds. The van der Waals surface area contributed by atoms with Gasteiger partial charge in [0.2, 0.25) is 0 Å². The van der Waals surface area contributed by atoms with E-state index in [-0.39, 0.29) is 18.7 Å². The van der Waals surface area contributed by atoms with Crippen molar-refractivity contribution >= 4 is 23.2 Å². The highest BCUT2D eigenvalue weighted by Gasteiger charge is 2.45. The Labute approximate surface area is 276 Å². The van der Waals surface area contributed by atoms with Gasteiger partial charge in [0.15, 0.2) is 5.82 Å². The first kappa shape index (κ1) is 33.5. The van der Waals surface area contributed by atoms with Crippen molar-refractivity contribution in [3.63, 3.8) is 0 Å². The van der Waals surface area contributed by atoms with Crippen molar-refractivity contribution in [3.05, 3.63) is 65.2 Å². The fourth-order valence-electron chi connectivity index (χ4n) is 5.51. The van der Waals surface area contributed by atoms with Gasteiger partial charge in [0.05, 0.1) is 17.6 Å². The number of fused-ring (bicyclic) bond motifs is 1. The Hall–Kier alpha value is -4.85. The van der Waals surface area contributed by atoms with E-state index in [0.29, 0.717) is 24.7 Å². The summed E-state index contributed by atoms with van der Waals surface area (Å²) in [7, 11) is 0. The van der Waals surface area contributed by atoms with Gasteiger partial charge in [0.1, 0.15) is 28.4 Å². The van der Waals surface area contributed by atoms with Crippen molar-refractivity contribution in [3.8, 4) is 23.2 Å². The number of imidazole rings is 1. The normalized spacial score (nSPS) is 16.6. The Morgan fingerprint density at radius 3 is 2.34 bits per heavy atom. The van der Waals surface area contributed by atoms with Crippen LogP contribution in [0.3, 0.4) is 0 Å². The summed E-state index contributed by atoms with van der Waals surface area (Å²) >= 11 is 0. The number of rotatable bonds is 6. The molecule has 1 atom stereocenters. The van der Waals surface area contributed by atoms with E-state index in [0.717, 1.165) is 52.8 Å². The molecule has 0 radical (unpaired) electrons. The van der Waals surface area contributed by atoms with Gasteiger partial charge in [-0.15, -0.1) is 0 Å². The smallest absolute Gasteiger partial charge is 0.411 e. The first-order valence-electron chi connectivity index (χ1n) is 16.2. The number of carbonyl (C=O) groups is 2. The second kappa shape index (κ2) is 13.1. The average molecular weight is 640 g/mol. The molecule has 0 bridgehead atoms. The summed E-state index contributed by atoms with van der Waals surface area (Å²) in [4.78, 5) is 42.0. The lowest BCUT2D eigenvalue weighted by atomic mass is 9.98. The highest BCUT2D eigenvalue weighted by Crippen LogP contribution is 2.38. The molecule has 0 spiro atoms. The molecule has 5 rings (SSSR count). The molecule has 11 nitrogen and oxygen atoms in total. The fourth-order valence-corrected chi connectivity index (χ4v) is 5.51. The van der Waals surface area contributed by atoms with Crippen LogP contribution in [0.5, 0.6) is 0 Å². The van der Waals surface area contributed by atoms with Crippen LogP contribution in [0.25, 0.3) is 22.4 Å². The number of nitrogens with zero attached hydrogens (tertiary/aromatic N) is 5. The summed E-state index contributed by atoms with van der Waals surface area (Å²) in [5.74, 6) is 8.34. The van der Waals surface area contributed by atoms with E-state index in [2.05, 4.69) is 32.0 Å². The van der Waals surface area contributed by atoms with E-state index in [1.165, 1.54) is 0 Å². The molecule has 4 aromatic rings. The molecule has 1 aliphatic rings. The number of ether oxygens (including phenoxy) is 2. The third-order valence-electron chi connectivity index (χ3n) is 7.76. The van der Waals surface area contributed by atoms with Gasteiger partial charge in [-0.05, 0) is 110 Å². The third kappa shape index (κ3) is 8.12. The summed E-state index contributed by atoms with van der Waals surface area (Å²) in [5, 5.41) is 7.31. The molecule has 2 N–H and O–H groups in total. The maximum atomic E-state index is 13.0. The van der Waals surface area contributed by atoms with E-state index in [1.807, 2.05) is 97.9 Å². The maximum absolute atomic E-state index is 13.0. The lowest BCUT2D eigenvalue weighted by Gasteiger charge is -2.34. The monoisotopic (exact) mass is 639 g/mol. The van der Waals surface area contributed by atoms with Gasteiger partial charge in [0, 0.05) is 29.8 Å². The predicted octanol–water partition coefficient (Wildman–Crippen LogP) is 7.14. The summed E-state index contributed by atoms with van der Waals surface area (Å²) in [6.07, 6.45) is 1.78. The Balaban J connectivity index is 1.27. The van der Waals surface area contributed by atoms with Crippen LogP contribution in [-0.2, 0) is 21.6 Å². The van der Waals surface area contributed by atoms with Crippen LogP contribution in [0.1, 0.15) is 97.4 Å². The van der Waals surface area contributed by atoms with Crippen LogP contribution >= 0.6 is 0 Å². The molecule has 47 heavy (non-hydrogen) atoms. The second-order valence-electron chi connectivity index (χ2n) is 14.2. The van der Waals surface area contributed by atoms with E-state index in [9.17, 15) is 9.59 Å². The van der Waals surface area contributed by atoms with Crippen molar-refractivity contribution in [1.29, 1.82) is 0 Å². The van der Waals surface area contributed by atoms with Crippen molar-refractivity contribution in [2.75, 3.05) is 13.1 Å². The molecule has 0 aliphatic carbocycles. The standard InChI is InChI=1S/C36H45N7O4/c1-9-20-42(32(44)46-34(2,3)4)23-29-39-30(41-40-29)26-16-13-24(14-17-26)11-12-25-15-18-27-28(22-25)38-31(37-27)36(8)19-10-21-43(36)33(45)47-35(5,6)7/h13-18,22H,9-10,19-21,23H2,1-8H3,(H,37,38)(H,39,40,41)/t36-/m1/s1. The lowest BCUT2D eigenvalue weighted by molar-refractivity contribution is 0.00862. The fraction of sp³-hybridized carbons (Fsp3) is 0.472. The number of benzene rings is 2. The van der Waals surface area contributed by atoms with E-state index >= 15 is 0 Å². The first-order valence-corrected chi connectivity index (χ1v) is 16.2. The molecular formula is C36H45N7O4. The number of hydrogen-bond acceptors (Lipinski definition) is 7. The topological polar surface area (TPSA) is 129 Å². The minimum Gasteiger partial charge on any atom is -0.444 e. The van der Waals surface area contributed by atoms with Crippen LogP contribution in [0.15, 0.2) is 42.5 Å². The molecule has 0 unspecified atom stereocenters. The molecule has 2 aromatic heterocycles. The Kier molecular flexibility index (Phi) is 9.34. The number of likely N-dealkylation sites (tertiary alicyclic amines) is 1. The number of carbonyl (C=O) groups excluding carboxylic acids is 2. The number of hydrogen-bond donors (Lipinski definition) is 2. The van der Waals surface area contributed by atoms with Crippen LogP contribution in [0, 0.1) is 11.8 Å². The molecule has 1 saturated heterocycles. The average Bonchev–Trinajstić information content (AvgIpc) is 3.73. The van der Waals surface area contributed by atoms with E-state index in [4.69, 9.17) is 14.5 Å². The van der Waals surface area contributed by atoms with Gasteiger partial charge in [-0.2, -0.15) is 5.10 Å². The van der Waals surface area contributed by atoms with Crippen LogP contribution < -0.4 is 0 Å². The minimum atomic E-state index is -0.578. The van der Waals surface area contributed by atoms with E-state index in [1.54, 1.807) is 9.80 Å². The Morgan fingerprint density at radius 2 is 1.66 bits per heavy atom. The molecule has 0 saturated carbocycles. The summed E-state index contributed by atoms with van der Waals surface area (Å²) in [5.41, 5.74) is 2.48. The highest BCUT2D eigenvalue weighted by atomic mass is 16.6. The van der Waals surface area contributed by atoms with Crippen LogP contribution in [-0.4, -0.2) is 71.4 Å². The Bertz CT molecular complexity index is 1800. The van der Waals surface area contributed by atoms with Crippen LogP contribution in [0.4, 0.5) is 9.59 Å². The molecule has 3 heterocycles. The SMILES string of the molecule is CCCN(Cc1nc(-c2ccc(C#Cc3ccc4[nH]c([C@@]5(C)CCCN5C(=O)OC(C)(C)C)nc4c3)cc2)n[nH]1)C(=O)OC(C)(C)C. The number of aromatic amines is 2. The van der Waals surface area contributed by atoms with Crippen molar-refractivity contribution in [2.24, 2.45) is 0 Å². The minimum absolute atomic E-state index is 0.280. The van der Waals surface area contributed by atoms with Crippen molar-refractivity contribution < 1.29 is 19.1 Å².